The minimum Gasteiger partial charge on any atom is -0.366 e. The van der Waals surface area contributed by atoms with Gasteiger partial charge in [-0.15, -0.1) is 0 Å². The quantitative estimate of drug-likeness (QED) is 0.461. The lowest BCUT2D eigenvalue weighted by molar-refractivity contribution is -0.941. The standard InChI is InChI=1S/C11H16N4O5/c1-2-13-6-10(14(17)18)3-8(9(12)16)4-11(5-10,7-13)15(19)20/h3H,2,4-7H2,1H3,(H2,12,16)/p+1/t10-,11+/m1/s1. The largest absolute Gasteiger partial charge is 0.366 e. The number of rotatable bonds is 4. The maximum Gasteiger partial charge on any atom is 0.295 e. The minimum absolute atomic E-state index is 0.000182. The van der Waals surface area contributed by atoms with Gasteiger partial charge in [-0.25, -0.2) is 0 Å². The van der Waals surface area contributed by atoms with Gasteiger partial charge in [0.2, 0.25) is 5.91 Å². The summed E-state index contributed by atoms with van der Waals surface area (Å²) in [5, 5.41) is 22.9. The Labute approximate surface area is 114 Å². The van der Waals surface area contributed by atoms with Gasteiger partial charge in [-0.3, -0.25) is 25.0 Å². The van der Waals surface area contributed by atoms with E-state index in [1.54, 1.807) is 0 Å². The zero-order valence-electron chi connectivity index (χ0n) is 11.1. The van der Waals surface area contributed by atoms with Crippen molar-refractivity contribution in [3.8, 4) is 0 Å². The number of nitrogens with zero attached hydrogens (tertiary/aromatic N) is 2. The smallest absolute Gasteiger partial charge is 0.295 e. The van der Waals surface area contributed by atoms with E-state index < -0.39 is 26.8 Å². The van der Waals surface area contributed by atoms with Crippen LogP contribution in [-0.4, -0.2) is 46.5 Å². The Kier molecular flexibility index (Phi) is 3.24. The maximum atomic E-state index is 11.5. The Bertz CT molecular complexity index is 519. The third kappa shape index (κ3) is 2.03. The van der Waals surface area contributed by atoms with E-state index in [4.69, 9.17) is 5.73 Å². The van der Waals surface area contributed by atoms with Gasteiger partial charge in [0, 0.05) is 21.5 Å². The Balaban J connectivity index is 2.57. The molecule has 1 fully saturated rings. The van der Waals surface area contributed by atoms with E-state index >= 15 is 0 Å². The number of hydrogen-bond donors (Lipinski definition) is 2. The molecular weight excluding hydrogens is 268 g/mol. The van der Waals surface area contributed by atoms with Gasteiger partial charge in [0.15, 0.2) is 6.54 Å². The number of nitro groups is 2. The zero-order valence-corrected chi connectivity index (χ0v) is 11.1. The molecule has 9 heteroatoms. The van der Waals surface area contributed by atoms with Crippen molar-refractivity contribution in [1.29, 1.82) is 0 Å². The highest BCUT2D eigenvalue weighted by Crippen LogP contribution is 2.39. The van der Waals surface area contributed by atoms with Gasteiger partial charge in [0.1, 0.15) is 13.0 Å². The number of piperidine rings is 1. The highest BCUT2D eigenvalue weighted by molar-refractivity contribution is 5.92. The molecular formula is C11H17N4O5+. The summed E-state index contributed by atoms with van der Waals surface area (Å²) in [6, 6.07) is 0. The molecule has 1 amide bonds. The van der Waals surface area contributed by atoms with Crippen LogP contribution in [0, 0.1) is 20.2 Å². The molecule has 2 aliphatic rings. The van der Waals surface area contributed by atoms with Crippen LogP contribution >= 0.6 is 0 Å². The summed E-state index contributed by atoms with van der Waals surface area (Å²) < 4.78 is 0. The monoisotopic (exact) mass is 285 g/mol. The molecule has 0 saturated carbocycles. The van der Waals surface area contributed by atoms with E-state index in [0.717, 1.165) is 4.90 Å². The summed E-state index contributed by atoms with van der Waals surface area (Å²) in [5.74, 6) is -0.818. The van der Waals surface area contributed by atoms with Crippen molar-refractivity contribution in [3.63, 3.8) is 0 Å². The number of carbonyl (C=O) groups excluding carboxylic acids is 1. The first-order valence-corrected chi connectivity index (χ1v) is 6.39. The van der Waals surface area contributed by atoms with Crippen LogP contribution in [0.2, 0.25) is 0 Å². The molecule has 1 aliphatic carbocycles. The number of likely N-dealkylation sites (N-methyl/N-ethyl adjacent to an activating group) is 1. The summed E-state index contributed by atoms with van der Waals surface area (Å²) in [6.45, 7) is 2.71. The second kappa shape index (κ2) is 4.51. The molecule has 0 aromatic carbocycles. The first kappa shape index (κ1) is 14.4. The second-order valence-electron chi connectivity index (χ2n) is 5.69. The van der Waals surface area contributed by atoms with Crippen molar-refractivity contribution < 1.29 is 19.5 Å². The van der Waals surface area contributed by atoms with Gasteiger partial charge in [-0.1, -0.05) is 0 Å². The lowest BCUT2D eigenvalue weighted by atomic mass is 9.69. The summed E-state index contributed by atoms with van der Waals surface area (Å²) >= 11 is 0. The molecule has 1 heterocycles. The highest BCUT2D eigenvalue weighted by Gasteiger charge is 2.66. The van der Waals surface area contributed by atoms with Crippen molar-refractivity contribution in [2.75, 3.05) is 19.6 Å². The van der Waals surface area contributed by atoms with Crippen molar-refractivity contribution in [2.45, 2.75) is 30.8 Å². The summed E-state index contributed by atoms with van der Waals surface area (Å²) in [4.78, 5) is 34.1. The number of carbonyl (C=O) groups is 1. The van der Waals surface area contributed by atoms with E-state index in [0.29, 0.717) is 6.54 Å². The minimum atomic E-state index is -1.57. The Morgan fingerprint density at radius 3 is 2.50 bits per heavy atom. The molecule has 0 aromatic rings. The third-order valence-corrected chi connectivity index (χ3v) is 4.30. The first-order valence-electron chi connectivity index (χ1n) is 6.39. The lowest BCUT2D eigenvalue weighted by Gasteiger charge is -2.42. The lowest BCUT2D eigenvalue weighted by Crippen LogP contribution is -3.18. The number of hydrogen-bond acceptors (Lipinski definition) is 5. The molecule has 0 radical (unpaired) electrons. The Hall–Kier alpha value is -2.03. The number of likely N-dealkylation sites (tertiary alicyclic amines) is 1. The number of fused-ring (bicyclic) bond motifs is 2. The molecule has 2 rings (SSSR count). The van der Waals surface area contributed by atoms with Crippen LogP contribution in [0.15, 0.2) is 11.6 Å². The van der Waals surface area contributed by atoms with Gasteiger partial charge in [0.05, 0.1) is 13.0 Å². The maximum absolute atomic E-state index is 11.5. The van der Waals surface area contributed by atoms with Crippen LogP contribution in [0.25, 0.3) is 0 Å². The van der Waals surface area contributed by atoms with Gasteiger partial charge in [-0.2, -0.15) is 0 Å². The Morgan fingerprint density at radius 1 is 1.40 bits per heavy atom. The van der Waals surface area contributed by atoms with Crippen LogP contribution < -0.4 is 10.6 Å². The molecule has 1 unspecified atom stereocenters. The number of primary amides is 1. The Morgan fingerprint density at radius 2 is 2.05 bits per heavy atom. The van der Waals surface area contributed by atoms with Crippen LogP contribution in [0.3, 0.4) is 0 Å². The fourth-order valence-electron chi connectivity index (χ4n) is 3.40. The molecule has 1 aliphatic heterocycles. The number of nitrogens with two attached hydrogens (primary N) is 1. The molecule has 1 saturated heterocycles. The average molecular weight is 285 g/mol. The van der Waals surface area contributed by atoms with Crippen molar-refractivity contribution in [2.24, 2.45) is 5.73 Å². The number of amides is 1. The molecule has 2 bridgehead atoms. The van der Waals surface area contributed by atoms with Crippen LogP contribution in [0.5, 0.6) is 0 Å². The van der Waals surface area contributed by atoms with Gasteiger partial charge in [-0.05, 0) is 6.92 Å². The van der Waals surface area contributed by atoms with E-state index in [-0.39, 0.29) is 31.5 Å². The van der Waals surface area contributed by atoms with Gasteiger partial charge in [0.25, 0.3) is 11.1 Å². The molecule has 3 N–H and O–H groups in total. The predicted octanol–water partition coefficient (Wildman–Crippen LogP) is -1.86. The third-order valence-electron chi connectivity index (χ3n) is 4.30. The van der Waals surface area contributed by atoms with E-state index in [1.807, 2.05) is 6.92 Å². The molecule has 0 spiro atoms. The number of nitrogens with one attached hydrogen (secondary N) is 1. The van der Waals surface area contributed by atoms with E-state index in [9.17, 15) is 25.0 Å². The highest BCUT2D eigenvalue weighted by atomic mass is 16.6. The molecule has 9 nitrogen and oxygen atoms in total. The predicted molar refractivity (Wildman–Crippen MR) is 67.2 cm³/mol. The van der Waals surface area contributed by atoms with Gasteiger partial charge >= 0.3 is 0 Å². The fourth-order valence-corrected chi connectivity index (χ4v) is 3.40. The van der Waals surface area contributed by atoms with Crippen molar-refractivity contribution in [1.82, 2.24) is 0 Å². The summed E-state index contributed by atoms with van der Waals surface area (Å²) in [7, 11) is 0. The fraction of sp³-hybridized carbons (Fsp3) is 0.727. The SMILES string of the molecule is CC[NH+]1C[C@@]2([N+](=O)[O-])C=C(C(N)=O)C[C@@]([N+](=O)[O-])(C1)C2. The van der Waals surface area contributed by atoms with Crippen LogP contribution in [0.4, 0.5) is 0 Å². The van der Waals surface area contributed by atoms with Crippen LogP contribution in [0.1, 0.15) is 19.8 Å². The van der Waals surface area contributed by atoms with Crippen molar-refractivity contribution in [3.05, 3.63) is 31.9 Å². The molecule has 0 aromatic heterocycles. The van der Waals surface area contributed by atoms with Crippen LogP contribution in [-0.2, 0) is 4.79 Å². The van der Waals surface area contributed by atoms with Gasteiger partial charge < -0.3 is 10.6 Å². The number of quaternary nitrogens is 1. The summed E-state index contributed by atoms with van der Waals surface area (Å²) in [6.07, 6.45) is 0.931. The average Bonchev–Trinajstić information content (AvgIpc) is 2.36. The van der Waals surface area contributed by atoms with E-state index in [1.165, 1.54) is 6.08 Å². The topological polar surface area (TPSA) is 134 Å². The molecule has 20 heavy (non-hydrogen) atoms. The zero-order chi connectivity index (χ0) is 15.1. The van der Waals surface area contributed by atoms with Crippen molar-refractivity contribution >= 4 is 5.91 Å². The normalized spacial score (nSPS) is 36.0. The van der Waals surface area contributed by atoms with E-state index in [2.05, 4.69) is 0 Å². The molecule has 3 atom stereocenters. The second-order valence-corrected chi connectivity index (χ2v) is 5.69. The summed E-state index contributed by atoms with van der Waals surface area (Å²) in [5.41, 5.74) is 2.15. The molecule has 110 valence electrons. The first-order chi connectivity index (χ1) is 9.24.